The number of aromatic nitrogens is 2. The molecule has 1 N–H and O–H groups in total. The predicted octanol–water partition coefficient (Wildman–Crippen LogP) is 4.21. The third-order valence-electron chi connectivity index (χ3n) is 4.68. The first-order valence-electron chi connectivity index (χ1n) is 9.73. The molecule has 8 nitrogen and oxygen atoms in total. The Hall–Kier alpha value is -2.62. The Kier molecular flexibility index (Phi) is 7.76. The van der Waals surface area contributed by atoms with Crippen LogP contribution in [0.25, 0.3) is 11.4 Å². The molecule has 0 aliphatic heterocycles. The summed E-state index contributed by atoms with van der Waals surface area (Å²) >= 11 is 12.0. The molecular formula is C21H22Cl2N4O4S. The number of anilines is 1. The minimum atomic E-state index is -3.54. The zero-order chi connectivity index (χ0) is 23.3. The number of carbonyl (C=O) groups excluding carboxylic acids is 1. The first-order chi connectivity index (χ1) is 15.1. The van der Waals surface area contributed by atoms with Gasteiger partial charge in [0.05, 0.1) is 18.5 Å². The highest BCUT2D eigenvalue weighted by molar-refractivity contribution is 7.92. The summed E-state index contributed by atoms with van der Waals surface area (Å²) in [7, 11) is -3.54. The summed E-state index contributed by atoms with van der Waals surface area (Å²) in [6, 6.07) is 12.1. The van der Waals surface area contributed by atoms with Gasteiger partial charge in [0.1, 0.15) is 0 Å². The number of hydrogen-bond donors (Lipinski definition) is 1. The van der Waals surface area contributed by atoms with E-state index in [0.717, 1.165) is 11.8 Å². The topological polar surface area (TPSA) is 105 Å². The minimum absolute atomic E-state index is 0.0720. The van der Waals surface area contributed by atoms with Crippen LogP contribution < -0.4 is 9.62 Å². The molecule has 1 heterocycles. The van der Waals surface area contributed by atoms with Crippen LogP contribution in [0, 0.1) is 6.92 Å². The SMILES string of the molecule is Cc1c(Cl)cccc1N(CCCC(=O)NCc1nc(-c2ccc(Cl)cc2)no1)S(C)(=O)=O. The second-order valence-corrected chi connectivity index (χ2v) is 9.87. The van der Waals surface area contributed by atoms with E-state index in [4.69, 9.17) is 27.7 Å². The van der Waals surface area contributed by atoms with Crippen molar-refractivity contribution in [3.8, 4) is 11.4 Å². The van der Waals surface area contributed by atoms with Crippen LogP contribution in [-0.2, 0) is 21.4 Å². The third-order valence-corrected chi connectivity index (χ3v) is 6.52. The minimum Gasteiger partial charge on any atom is -0.347 e. The van der Waals surface area contributed by atoms with E-state index in [1.165, 1.54) is 4.31 Å². The van der Waals surface area contributed by atoms with Crippen molar-refractivity contribution < 1.29 is 17.7 Å². The maximum Gasteiger partial charge on any atom is 0.246 e. The summed E-state index contributed by atoms with van der Waals surface area (Å²) in [5, 5.41) is 7.67. The predicted molar refractivity (Wildman–Crippen MR) is 124 cm³/mol. The lowest BCUT2D eigenvalue weighted by atomic mass is 10.2. The van der Waals surface area contributed by atoms with Gasteiger partial charge in [-0.25, -0.2) is 8.42 Å². The Morgan fingerprint density at radius 3 is 2.56 bits per heavy atom. The number of rotatable bonds is 9. The van der Waals surface area contributed by atoms with Crippen molar-refractivity contribution in [1.82, 2.24) is 15.5 Å². The van der Waals surface area contributed by atoms with Crippen molar-refractivity contribution in [2.45, 2.75) is 26.3 Å². The Morgan fingerprint density at radius 2 is 1.88 bits per heavy atom. The van der Waals surface area contributed by atoms with Crippen molar-refractivity contribution in [2.75, 3.05) is 17.1 Å². The van der Waals surface area contributed by atoms with Gasteiger partial charge in [-0.2, -0.15) is 4.98 Å². The second-order valence-electron chi connectivity index (χ2n) is 7.12. The maximum atomic E-state index is 12.3. The van der Waals surface area contributed by atoms with Gasteiger partial charge in [-0.15, -0.1) is 0 Å². The number of nitrogens with zero attached hydrogens (tertiary/aromatic N) is 3. The highest BCUT2D eigenvalue weighted by Crippen LogP contribution is 2.28. The van der Waals surface area contributed by atoms with Crippen LogP contribution in [0.2, 0.25) is 10.0 Å². The molecule has 0 aliphatic carbocycles. The van der Waals surface area contributed by atoms with Gasteiger partial charge in [-0.05, 0) is 55.3 Å². The first kappa shape index (κ1) is 24.0. The fourth-order valence-electron chi connectivity index (χ4n) is 3.02. The lowest BCUT2D eigenvalue weighted by Gasteiger charge is -2.24. The molecule has 0 unspecified atom stereocenters. The molecule has 170 valence electrons. The molecule has 0 bridgehead atoms. The average Bonchev–Trinajstić information content (AvgIpc) is 3.21. The van der Waals surface area contributed by atoms with Gasteiger partial charge in [0.25, 0.3) is 0 Å². The normalized spacial score (nSPS) is 11.4. The van der Waals surface area contributed by atoms with Crippen LogP contribution in [0.15, 0.2) is 47.0 Å². The molecule has 0 radical (unpaired) electrons. The summed E-state index contributed by atoms with van der Waals surface area (Å²) in [5.74, 6) is 0.398. The monoisotopic (exact) mass is 496 g/mol. The van der Waals surface area contributed by atoms with Gasteiger partial charge in [0, 0.05) is 28.6 Å². The van der Waals surface area contributed by atoms with E-state index >= 15 is 0 Å². The molecule has 0 saturated heterocycles. The van der Waals surface area contributed by atoms with E-state index in [2.05, 4.69) is 15.5 Å². The summed E-state index contributed by atoms with van der Waals surface area (Å²) in [6.45, 7) is 1.97. The number of amides is 1. The number of hydrogen-bond acceptors (Lipinski definition) is 6. The number of benzene rings is 2. The van der Waals surface area contributed by atoms with Crippen LogP contribution in [-0.4, -0.2) is 37.3 Å². The highest BCUT2D eigenvalue weighted by Gasteiger charge is 2.20. The Balaban J connectivity index is 1.53. The van der Waals surface area contributed by atoms with Crippen LogP contribution in [0.4, 0.5) is 5.69 Å². The third kappa shape index (κ3) is 6.21. The molecule has 1 amide bonds. The molecule has 0 fully saturated rings. The van der Waals surface area contributed by atoms with Gasteiger partial charge in [-0.3, -0.25) is 9.10 Å². The second kappa shape index (κ2) is 10.3. The van der Waals surface area contributed by atoms with E-state index in [1.54, 1.807) is 49.4 Å². The lowest BCUT2D eigenvalue weighted by Crippen LogP contribution is -2.32. The zero-order valence-corrected chi connectivity index (χ0v) is 19.8. The number of carbonyl (C=O) groups is 1. The standard InChI is InChI=1S/C21H22Cl2N4O4S/c1-14-17(23)5-3-6-18(14)27(32(2,29)30)12-4-7-19(28)24-13-20-25-21(26-31-20)15-8-10-16(22)11-9-15/h3,5-6,8-11H,4,7,12-13H2,1-2H3,(H,24,28). The molecule has 0 atom stereocenters. The maximum absolute atomic E-state index is 12.3. The van der Waals surface area contributed by atoms with Crippen molar-refractivity contribution in [3.05, 3.63) is 64.0 Å². The van der Waals surface area contributed by atoms with Crippen LogP contribution in [0.5, 0.6) is 0 Å². The van der Waals surface area contributed by atoms with Crippen LogP contribution in [0.3, 0.4) is 0 Å². The molecule has 0 spiro atoms. The van der Waals surface area contributed by atoms with Crippen LogP contribution >= 0.6 is 23.2 Å². The van der Waals surface area contributed by atoms with Gasteiger partial charge >= 0.3 is 0 Å². The van der Waals surface area contributed by atoms with E-state index in [-0.39, 0.29) is 31.3 Å². The molecule has 3 rings (SSSR count). The number of nitrogens with one attached hydrogen (secondary N) is 1. The quantitative estimate of drug-likeness (QED) is 0.475. The fourth-order valence-corrected chi connectivity index (χ4v) is 4.33. The first-order valence-corrected chi connectivity index (χ1v) is 12.3. The molecule has 3 aromatic rings. The highest BCUT2D eigenvalue weighted by atomic mass is 35.5. The largest absolute Gasteiger partial charge is 0.347 e. The van der Waals surface area contributed by atoms with Gasteiger partial charge in [0.15, 0.2) is 0 Å². The Bertz CT molecular complexity index is 1200. The molecule has 2 aromatic carbocycles. The van der Waals surface area contributed by atoms with Gasteiger partial charge in [-0.1, -0.05) is 34.4 Å². The van der Waals surface area contributed by atoms with E-state index in [9.17, 15) is 13.2 Å². The molecule has 0 saturated carbocycles. The van der Waals surface area contributed by atoms with E-state index in [0.29, 0.717) is 33.5 Å². The Labute approximate surface area is 196 Å². The molecule has 32 heavy (non-hydrogen) atoms. The zero-order valence-electron chi connectivity index (χ0n) is 17.5. The van der Waals surface area contributed by atoms with Crippen molar-refractivity contribution in [3.63, 3.8) is 0 Å². The van der Waals surface area contributed by atoms with Crippen molar-refractivity contribution in [2.24, 2.45) is 0 Å². The van der Waals surface area contributed by atoms with Crippen molar-refractivity contribution in [1.29, 1.82) is 0 Å². The summed E-state index contributed by atoms with van der Waals surface area (Å²) in [5.41, 5.74) is 1.91. The smallest absolute Gasteiger partial charge is 0.246 e. The molecule has 0 aliphatic rings. The summed E-state index contributed by atoms with van der Waals surface area (Å²) in [6.07, 6.45) is 1.58. The number of halogens is 2. The van der Waals surface area contributed by atoms with E-state index < -0.39 is 10.0 Å². The lowest BCUT2D eigenvalue weighted by molar-refractivity contribution is -0.121. The Morgan fingerprint density at radius 1 is 1.16 bits per heavy atom. The molecule has 1 aromatic heterocycles. The van der Waals surface area contributed by atoms with Gasteiger partial charge < -0.3 is 9.84 Å². The average molecular weight is 497 g/mol. The fraction of sp³-hybridized carbons (Fsp3) is 0.286. The molecule has 11 heteroatoms. The van der Waals surface area contributed by atoms with Crippen molar-refractivity contribution >= 4 is 44.8 Å². The summed E-state index contributed by atoms with van der Waals surface area (Å²) in [4.78, 5) is 16.5. The van der Waals surface area contributed by atoms with E-state index in [1.807, 2.05) is 0 Å². The molecular weight excluding hydrogens is 475 g/mol. The number of sulfonamides is 1. The van der Waals surface area contributed by atoms with Gasteiger partial charge in [0.2, 0.25) is 27.6 Å². The summed E-state index contributed by atoms with van der Waals surface area (Å²) < 4.78 is 31.0. The van der Waals surface area contributed by atoms with Crippen LogP contribution in [0.1, 0.15) is 24.3 Å².